The highest BCUT2D eigenvalue weighted by Gasteiger charge is 2.14. The molecule has 0 aliphatic heterocycles. The number of likely N-dealkylation sites (N-methyl/N-ethyl adjacent to an activating group) is 1. The summed E-state index contributed by atoms with van der Waals surface area (Å²) < 4.78 is 0. The largest absolute Gasteiger partial charge is 0.345 e. The number of benzene rings is 1. The lowest BCUT2D eigenvalue weighted by atomic mass is 9.92. The van der Waals surface area contributed by atoms with Gasteiger partial charge in [0, 0.05) is 42.3 Å². The van der Waals surface area contributed by atoms with E-state index in [9.17, 15) is 0 Å². The third-order valence-corrected chi connectivity index (χ3v) is 4.59. The molecule has 1 atom stereocenters. The fraction of sp³-hybridized carbons (Fsp3) is 0.143. The van der Waals surface area contributed by atoms with Crippen molar-refractivity contribution in [2.75, 3.05) is 11.9 Å². The van der Waals surface area contributed by atoms with E-state index < -0.39 is 0 Å². The van der Waals surface area contributed by atoms with Crippen LogP contribution in [0.2, 0.25) is 0 Å². The fourth-order valence-electron chi connectivity index (χ4n) is 3.07. The number of nitrogens with zero attached hydrogens (tertiary/aromatic N) is 5. The van der Waals surface area contributed by atoms with Gasteiger partial charge in [0.2, 0.25) is 0 Å². The Kier molecular flexibility index (Phi) is 4.51. The maximum atomic E-state index is 4.22. The summed E-state index contributed by atoms with van der Waals surface area (Å²) in [7, 11) is 2.08. The second kappa shape index (κ2) is 7.27. The molecule has 2 aromatic heterocycles. The summed E-state index contributed by atoms with van der Waals surface area (Å²) in [5.41, 5.74) is 4.55. The van der Waals surface area contributed by atoms with E-state index in [0.717, 1.165) is 17.7 Å². The lowest BCUT2D eigenvalue weighted by Crippen LogP contribution is -2.17. The molecule has 26 heavy (non-hydrogen) atoms. The van der Waals surface area contributed by atoms with E-state index in [1.165, 1.54) is 23.9 Å². The second-order valence-corrected chi connectivity index (χ2v) is 6.18. The van der Waals surface area contributed by atoms with Gasteiger partial charge >= 0.3 is 0 Å². The molecule has 2 heterocycles. The zero-order valence-electron chi connectivity index (χ0n) is 14.5. The molecule has 1 aliphatic carbocycles. The lowest BCUT2D eigenvalue weighted by Gasteiger charge is -2.25. The fourth-order valence-corrected chi connectivity index (χ4v) is 3.07. The molecule has 1 aliphatic rings. The first-order chi connectivity index (χ1) is 12.8. The van der Waals surface area contributed by atoms with E-state index >= 15 is 0 Å². The van der Waals surface area contributed by atoms with Gasteiger partial charge in [0.1, 0.15) is 12.7 Å². The van der Waals surface area contributed by atoms with Crippen LogP contribution in [0.15, 0.2) is 85.4 Å². The van der Waals surface area contributed by atoms with Crippen molar-refractivity contribution >= 4 is 5.69 Å². The van der Waals surface area contributed by atoms with Crippen molar-refractivity contribution < 1.29 is 0 Å². The predicted molar refractivity (Wildman–Crippen MR) is 102 cm³/mol. The Morgan fingerprint density at radius 3 is 2.46 bits per heavy atom. The summed E-state index contributed by atoms with van der Waals surface area (Å²) >= 11 is 0. The summed E-state index contributed by atoms with van der Waals surface area (Å²) in [5.74, 6) is 1.08. The van der Waals surface area contributed by atoms with Crippen molar-refractivity contribution in [3.8, 4) is 11.4 Å². The standard InChI is InChI=1S/C21H19N5/c1-26(19-8-4-16(5-9-19)18-3-2-12-22-13-18)20-10-6-17(7-11-20)21-24-14-23-15-25-21/h2-4,6-16H,5H2,1H3. The summed E-state index contributed by atoms with van der Waals surface area (Å²) in [5, 5.41) is 0. The molecule has 4 rings (SSSR count). The number of anilines is 1. The molecule has 0 spiro atoms. The van der Waals surface area contributed by atoms with Crippen molar-refractivity contribution in [1.29, 1.82) is 0 Å². The molecule has 0 N–H and O–H groups in total. The van der Waals surface area contributed by atoms with Crippen molar-refractivity contribution in [1.82, 2.24) is 19.9 Å². The van der Waals surface area contributed by atoms with Gasteiger partial charge < -0.3 is 4.90 Å². The lowest BCUT2D eigenvalue weighted by molar-refractivity contribution is 0.831. The van der Waals surface area contributed by atoms with Crippen LogP contribution < -0.4 is 4.90 Å². The van der Waals surface area contributed by atoms with Crippen molar-refractivity contribution in [2.24, 2.45) is 0 Å². The van der Waals surface area contributed by atoms with E-state index in [1.54, 1.807) is 0 Å². The Morgan fingerprint density at radius 1 is 1.00 bits per heavy atom. The molecular weight excluding hydrogens is 322 g/mol. The van der Waals surface area contributed by atoms with Crippen molar-refractivity contribution in [2.45, 2.75) is 12.3 Å². The van der Waals surface area contributed by atoms with Gasteiger partial charge in [0.05, 0.1) is 0 Å². The molecule has 128 valence electrons. The van der Waals surface area contributed by atoms with E-state index in [2.05, 4.69) is 68.3 Å². The average Bonchev–Trinajstić information content (AvgIpc) is 2.75. The van der Waals surface area contributed by atoms with Crippen LogP contribution in [0.25, 0.3) is 11.4 Å². The highest BCUT2D eigenvalue weighted by atomic mass is 15.1. The van der Waals surface area contributed by atoms with Gasteiger partial charge in [0.15, 0.2) is 5.82 Å². The average molecular weight is 341 g/mol. The Hall–Kier alpha value is -3.34. The van der Waals surface area contributed by atoms with E-state index in [4.69, 9.17) is 0 Å². The molecule has 0 saturated heterocycles. The Balaban J connectivity index is 1.47. The van der Waals surface area contributed by atoms with Crippen LogP contribution in [-0.4, -0.2) is 27.0 Å². The Morgan fingerprint density at radius 2 is 1.81 bits per heavy atom. The maximum Gasteiger partial charge on any atom is 0.162 e. The highest BCUT2D eigenvalue weighted by Crippen LogP contribution is 2.29. The van der Waals surface area contributed by atoms with Gasteiger partial charge in [-0.05, 0) is 48.4 Å². The molecule has 3 aromatic rings. The molecule has 1 aromatic carbocycles. The number of allylic oxidation sites excluding steroid dienone is 3. The Bertz CT molecular complexity index is 918. The van der Waals surface area contributed by atoms with Crippen LogP contribution in [-0.2, 0) is 0 Å². The number of rotatable bonds is 4. The number of hydrogen-bond donors (Lipinski definition) is 0. The number of pyridine rings is 1. The minimum absolute atomic E-state index is 0.395. The molecule has 0 fully saturated rings. The van der Waals surface area contributed by atoms with Crippen LogP contribution in [0.5, 0.6) is 0 Å². The molecule has 0 saturated carbocycles. The molecule has 5 nitrogen and oxygen atoms in total. The summed E-state index contributed by atoms with van der Waals surface area (Å²) in [4.78, 5) is 18.6. The normalized spacial score (nSPS) is 16.2. The van der Waals surface area contributed by atoms with E-state index in [1.807, 2.05) is 30.6 Å². The molecule has 0 radical (unpaired) electrons. The third-order valence-electron chi connectivity index (χ3n) is 4.59. The first-order valence-corrected chi connectivity index (χ1v) is 8.56. The summed E-state index contributed by atoms with van der Waals surface area (Å²) in [6.07, 6.45) is 14.5. The van der Waals surface area contributed by atoms with E-state index in [0.29, 0.717) is 11.7 Å². The van der Waals surface area contributed by atoms with Crippen molar-refractivity contribution in [3.05, 3.63) is 90.9 Å². The first-order valence-electron chi connectivity index (χ1n) is 8.56. The van der Waals surface area contributed by atoms with Gasteiger partial charge in [-0.15, -0.1) is 0 Å². The van der Waals surface area contributed by atoms with Gasteiger partial charge in [-0.25, -0.2) is 15.0 Å². The zero-order valence-corrected chi connectivity index (χ0v) is 14.5. The SMILES string of the molecule is CN(C1=CCC(c2cccnc2)C=C1)c1ccc(-c2ncncn2)cc1. The van der Waals surface area contributed by atoms with Crippen LogP contribution in [0, 0.1) is 0 Å². The first kappa shape index (κ1) is 16.1. The van der Waals surface area contributed by atoms with Crippen LogP contribution in [0.1, 0.15) is 17.9 Å². The zero-order chi connectivity index (χ0) is 17.8. The van der Waals surface area contributed by atoms with Gasteiger partial charge in [0.25, 0.3) is 0 Å². The summed E-state index contributed by atoms with van der Waals surface area (Å²) in [6, 6.07) is 12.4. The number of aromatic nitrogens is 4. The molecule has 5 heteroatoms. The summed E-state index contributed by atoms with van der Waals surface area (Å²) in [6.45, 7) is 0. The van der Waals surface area contributed by atoms with Crippen LogP contribution in [0.4, 0.5) is 5.69 Å². The minimum Gasteiger partial charge on any atom is -0.345 e. The highest BCUT2D eigenvalue weighted by molar-refractivity contribution is 5.62. The quantitative estimate of drug-likeness (QED) is 0.718. The van der Waals surface area contributed by atoms with Gasteiger partial charge in [-0.3, -0.25) is 4.98 Å². The number of hydrogen-bond acceptors (Lipinski definition) is 5. The van der Waals surface area contributed by atoms with Gasteiger partial charge in [-0.2, -0.15) is 0 Å². The molecule has 0 amide bonds. The molecule has 0 bridgehead atoms. The topological polar surface area (TPSA) is 54.8 Å². The molecular formula is C21H19N5. The predicted octanol–water partition coefficient (Wildman–Crippen LogP) is 4.00. The van der Waals surface area contributed by atoms with Crippen molar-refractivity contribution in [3.63, 3.8) is 0 Å². The monoisotopic (exact) mass is 341 g/mol. The smallest absolute Gasteiger partial charge is 0.162 e. The second-order valence-electron chi connectivity index (χ2n) is 6.18. The van der Waals surface area contributed by atoms with Gasteiger partial charge in [-0.1, -0.05) is 18.2 Å². The third kappa shape index (κ3) is 3.37. The minimum atomic E-state index is 0.395. The van der Waals surface area contributed by atoms with Crippen LogP contribution in [0.3, 0.4) is 0 Å². The van der Waals surface area contributed by atoms with Crippen LogP contribution >= 0.6 is 0 Å². The molecule has 1 unspecified atom stereocenters. The van der Waals surface area contributed by atoms with E-state index in [-0.39, 0.29) is 0 Å². The maximum absolute atomic E-state index is 4.22. The Labute approximate surface area is 152 Å².